The third-order valence-electron chi connectivity index (χ3n) is 11.1. The highest BCUT2D eigenvalue weighted by molar-refractivity contribution is 6.12. The van der Waals surface area contributed by atoms with E-state index in [1.54, 1.807) is 0 Å². The quantitative estimate of drug-likeness (QED) is 0.138. The van der Waals surface area contributed by atoms with Gasteiger partial charge in [-0.1, -0.05) is 140 Å². The second kappa shape index (κ2) is 13.8. The standard InChI is InChI=1S/C50H39N5/c51-49(34-15-4-1-5-16-34)53-50(35-17-6-2-7-18-35)52-38-19-14-22-40(33-38)55-45-25-12-10-23-41(45)43-29-27-37(32-48(43)55)36-28-30-47-44(31-36)42-24-11-13-26-46(42)54(47)39-20-8-3-9-21-39/h1-27,29,31-33,44,47H,28,30H2,(H2,51,52,53). The lowest BCUT2D eigenvalue weighted by Gasteiger charge is -2.33. The van der Waals surface area contributed by atoms with Gasteiger partial charge in [-0.15, -0.1) is 0 Å². The number of para-hydroxylation sites is 3. The van der Waals surface area contributed by atoms with Gasteiger partial charge in [0.25, 0.3) is 0 Å². The summed E-state index contributed by atoms with van der Waals surface area (Å²) in [6.07, 6.45) is 4.65. The Balaban J connectivity index is 1.07. The molecule has 5 nitrogen and oxygen atoms in total. The highest BCUT2D eigenvalue weighted by Crippen LogP contribution is 2.51. The maximum absolute atomic E-state index is 6.54. The predicted molar refractivity (Wildman–Crippen MR) is 229 cm³/mol. The zero-order valence-electron chi connectivity index (χ0n) is 30.3. The van der Waals surface area contributed by atoms with Gasteiger partial charge >= 0.3 is 0 Å². The molecule has 1 aliphatic carbocycles. The summed E-state index contributed by atoms with van der Waals surface area (Å²) in [5.74, 6) is 1.31. The monoisotopic (exact) mass is 709 g/mol. The van der Waals surface area contributed by atoms with Crippen LogP contribution in [0.15, 0.2) is 198 Å². The number of hydrogen-bond acceptors (Lipinski definition) is 2. The highest BCUT2D eigenvalue weighted by atomic mass is 15.2. The van der Waals surface area contributed by atoms with Crippen molar-refractivity contribution < 1.29 is 0 Å². The molecular weight excluding hydrogens is 671 g/mol. The Morgan fingerprint density at radius 1 is 0.582 bits per heavy atom. The highest BCUT2D eigenvalue weighted by Gasteiger charge is 2.40. The van der Waals surface area contributed by atoms with Crippen molar-refractivity contribution in [2.24, 2.45) is 15.7 Å². The molecule has 0 saturated heterocycles. The molecule has 0 saturated carbocycles. The lowest BCUT2D eigenvalue weighted by Crippen LogP contribution is -2.31. The van der Waals surface area contributed by atoms with Crippen LogP contribution in [-0.4, -0.2) is 22.3 Å². The lowest BCUT2D eigenvalue weighted by atomic mass is 9.81. The fraction of sp³-hybridized carbons (Fsp3) is 0.0800. The molecule has 0 radical (unpaired) electrons. The summed E-state index contributed by atoms with van der Waals surface area (Å²) in [5.41, 5.74) is 19.1. The number of aromatic nitrogens is 1. The van der Waals surface area contributed by atoms with E-state index < -0.39 is 0 Å². The molecule has 2 heterocycles. The number of nitrogens with zero attached hydrogens (tertiary/aromatic N) is 4. The Labute approximate surface area is 321 Å². The molecule has 7 aromatic carbocycles. The van der Waals surface area contributed by atoms with Crippen LogP contribution in [0.4, 0.5) is 17.1 Å². The smallest absolute Gasteiger partial charge is 0.162 e. The van der Waals surface area contributed by atoms with Crippen LogP contribution in [0.1, 0.15) is 41.0 Å². The van der Waals surface area contributed by atoms with Crippen molar-refractivity contribution in [3.63, 3.8) is 0 Å². The summed E-state index contributed by atoms with van der Waals surface area (Å²) >= 11 is 0. The van der Waals surface area contributed by atoms with Crippen LogP contribution in [0.5, 0.6) is 0 Å². The van der Waals surface area contributed by atoms with Crippen molar-refractivity contribution in [2.75, 3.05) is 4.90 Å². The van der Waals surface area contributed by atoms with Gasteiger partial charge in [0.1, 0.15) is 5.84 Å². The zero-order valence-corrected chi connectivity index (χ0v) is 30.3. The van der Waals surface area contributed by atoms with E-state index in [1.165, 1.54) is 44.4 Å². The van der Waals surface area contributed by atoms with Crippen molar-refractivity contribution in [3.8, 4) is 5.69 Å². The van der Waals surface area contributed by atoms with E-state index in [9.17, 15) is 0 Å². The molecule has 0 amide bonds. The molecule has 0 spiro atoms. The number of rotatable bonds is 6. The summed E-state index contributed by atoms with van der Waals surface area (Å²) in [6.45, 7) is 0. The normalized spacial score (nSPS) is 16.9. The van der Waals surface area contributed by atoms with Crippen molar-refractivity contribution in [1.82, 2.24) is 4.57 Å². The van der Waals surface area contributed by atoms with Gasteiger partial charge in [-0.3, -0.25) is 0 Å². The van der Waals surface area contributed by atoms with Crippen molar-refractivity contribution in [3.05, 3.63) is 210 Å². The number of aliphatic imine (C=N–C) groups is 2. The van der Waals surface area contributed by atoms with E-state index in [4.69, 9.17) is 15.7 Å². The number of fused-ring (bicyclic) bond motifs is 6. The average molecular weight is 710 g/mol. The van der Waals surface area contributed by atoms with E-state index in [-0.39, 0.29) is 0 Å². The first-order valence-electron chi connectivity index (χ1n) is 19.0. The predicted octanol–water partition coefficient (Wildman–Crippen LogP) is 11.7. The first-order valence-corrected chi connectivity index (χ1v) is 19.0. The van der Waals surface area contributed by atoms with Gasteiger partial charge in [0.15, 0.2) is 5.84 Å². The first-order chi connectivity index (χ1) is 27.2. The largest absolute Gasteiger partial charge is 0.383 e. The second-order valence-electron chi connectivity index (χ2n) is 14.4. The van der Waals surface area contributed by atoms with E-state index in [0.717, 1.165) is 40.9 Å². The Bertz CT molecular complexity index is 2780. The molecule has 0 bridgehead atoms. The SMILES string of the molecule is NC(=NC(=Nc1cccc(-n2c3ccccc3c3ccc(C4=CC5c6ccccc6N(c6ccccc6)C5CC4)cc32)c1)c1ccccc1)c1ccccc1. The maximum Gasteiger partial charge on any atom is 0.162 e. The van der Waals surface area contributed by atoms with Crippen LogP contribution in [0.2, 0.25) is 0 Å². The number of anilines is 2. The minimum atomic E-state index is 0.327. The Morgan fingerprint density at radius 3 is 2.07 bits per heavy atom. The Morgan fingerprint density at radius 2 is 1.25 bits per heavy atom. The molecule has 5 heteroatoms. The average Bonchev–Trinajstić information content (AvgIpc) is 3.76. The number of nitrogens with two attached hydrogens (primary N) is 1. The van der Waals surface area contributed by atoms with E-state index in [0.29, 0.717) is 23.6 Å². The molecular formula is C50H39N5. The van der Waals surface area contributed by atoms with Crippen LogP contribution < -0.4 is 10.6 Å². The maximum atomic E-state index is 6.54. The Hall–Kier alpha value is -6.98. The van der Waals surface area contributed by atoms with Gasteiger partial charge in [0, 0.05) is 50.9 Å². The van der Waals surface area contributed by atoms with Gasteiger partial charge in [-0.2, -0.15) is 0 Å². The van der Waals surface area contributed by atoms with Crippen LogP contribution in [0.25, 0.3) is 33.1 Å². The van der Waals surface area contributed by atoms with Gasteiger partial charge in [0.05, 0.1) is 16.7 Å². The van der Waals surface area contributed by atoms with Crippen LogP contribution in [-0.2, 0) is 0 Å². The van der Waals surface area contributed by atoms with Crippen molar-refractivity contribution >= 4 is 56.1 Å². The Kier molecular flexibility index (Phi) is 8.18. The molecule has 0 fully saturated rings. The molecule has 2 N–H and O–H groups in total. The van der Waals surface area contributed by atoms with Gasteiger partial charge in [-0.25, -0.2) is 9.98 Å². The number of amidine groups is 2. The number of hydrogen-bond donors (Lipinski definition) is 1. The van der Waals surface area contributed by atoms with Crippen molar-refractivity contribution in [1.29, 1.82) is 0 Å². The fourth-order valence-electron chi connectivity index (χ4n) is 8.61. The molecule has 1 aliphatic heterocycles. The fourth-order valence-corrected chi connectivity index (χ4v) is 8.61. The van der Waals surface area contributed by atoms with E-state index in [2.05, 4.69) is 131 Å². The summed E-state index contributed by atoms with van der Waals surface area (Å²) in [4.78, 5) is 12.5. The third kappa shape index (κ3) is 5.91. The topological polar surface area (TPSA) is 58.9 Å². The molecule has 10 rings (SSSR count). The third-order valence-corrected chi connectivity index (χ3v) is 11.1. The minimum absolute atomic E-state index is 0.327. The van der Waals surface area contributed by atoms with Crippen LogP contribution in [0, 0.1) is 0 Å². The zero-order chi connectivity index (χ0) is 36.7. The van der Waals surface area contributed by atoms with Crippen LogP contribution >= 0.6 is 0 Å². The molecule has 8 aromatic rings. The summed E-state index contributed by atoms with van der Waals surface area (Å²) in [7, 11) is 0. The minimum Gasteiger partial charge on any atom is -0.383 e. The summed E-state index contributed by atoms with van der Waals surface area (Å²) in [5, 5.41) is 2.46. The number of allylic oxidation sites excluding steroid dienone is 1. The van der Waals surface area contributed by atoms with Crippen molar-refractivity contribution in [2.45, 2.75) is 24.8 Å². The van der Waals surface area contributed by atoms with Crippen LogP contribution in [0.3, 0.4) is 0 Å². The first kappa shape index (κ1) is 32.7. The summed E-state index contributed by atoms with van der Waals surface area (Å²) < 4.78 is 2.38. The molecule has 264 valence electrons. The van der Waals surface area contributed by atoms with E-state index in [1.807, 2.05) is 66.7 Å². The van der Waals surface area contributed by atoms with E-state index >= 15 is 0 Å². The molecule has 55 heavy (non-hydrogen) atoms. The molecule has 2 unspecified atom stereocenters. The van der Waals surface area contributed by atoms with Gasteiger partial charge in [0.2, 0.25) is 0 Å². The van der Waals surface area contributed by atoms with Gasteiger partial charge in [-0.05, 0) is 78.1 Å². The lowest BCUT2D eigenvalue weighted by molar-refractivity contribution is 0.572. The second-order valence-corrected chi connectivity index (χ2v) is 14.4. The molecule has 1 aromatic heterocycles. The summed E-state index contributed by atoms with van der Waals surface area (Å²) in [6, 6.07) is 64.2. The van der Waals surface area contributed by atoms with Gasteiger partial charge < -0.3 is 15.2 Å². The number of benzene rings is 7. The molecule has 2 atom stereocenters. The molecule has 2 aliphatic rings.